The molecule has 0 fully saturated rings. The van der Waals surface area contributed by atoms with E-state index in [0.717, 1.165) is 33.7 Å². The Kier molecular flexibility index (Phi) is 5.42. The Balaban J connectivity index is 2.01. The van der Waals surface area contributed by atoms with Gasteiger partial charge in [-0.15, -0.1) is 11.3 Å². The number of aldehydes is 1. The number of thiazole rings is 1. The molecule has 0 aliphatic rings. The summed E-state index contributed by atoms with van der Waals surface area (Å²) in [5.41, 5.74) is 3.01. The van der Waals surface area contributed by atoms with Crippen molar-refractivity contribution >= 4 is 28.4 Å². The van der Waals surface area contributed by atoms with Crippen molar-refractivity contribution in [3.05, 3.63) is 47.1 Å². The zero-order chi connectivity index (χ0) is 18.7. The van der Waals surface area contributed by atoms with Crippen LogP contribution in [0.25, 0.3) is 16.0 Å². The predicted octanol–water partition coefficient (Wildman–Crippen LogP) is 4.23. The van der Waals surface area contributed by atoms with Gasteiger partial charge < -0.3 is 13.9 Å². The third kappa shape index (κ3) is 3.65. The first kappa shape index (κ1) is 18.2. The van der Waals surface area contributed by atoms with Crippen molar-refractivity contribution < 1.29 is 19.1 Å². The average Bonchev–Trinajstić information content (AvgIpc) is 3.19. The SMILES string of the molecule is COC(=O)Cc1csc2cc(-c3cccc(OCC(C)C)c3)c(C=O)n12. The Morgan fingerprint density at radius 2 is 2.12 bits per heavy atom. The lowest BCUT2D eigenvalue weighted by Gasteiger charge is -2.10. The number of nitrogens with zero attached hydrogens (tertiary/aromatic N) is 1. The molecule has 3 aromatic rings. The Labute approximate surface area is 156 Å². The largest absolute Gasteiger partial charge is 0.493 e. The van der Waals surface area contributed by atoms with E-state index in [1.165, 1.54) is 18.4 Å². The molecule has 136 valence electrons. The number of carbonyl (C=O) groups is 2. The molecular formula is C20H21NO4S. The second-order valence-corrected chi connectivity index (χ2v) is 7.34. The van der Waals surface area contributed by atoms with Gasteiger partial charge in [-0.2, -0.15) is 0 Å². The number of benzene rings is 1. The van der Waals surface area contributed by atoms with Crippen LogP contribution in [0.3, 0.4) is 0 Å². The van der Waals surface area contributed by atoms with Crippen LogP contribution in [0.2, 0.25) is 0 Å². The van der Waals surface area contributed by atoms with Gasteiger partial charge in [0.1, 0.15) is 10.6 Å². The first-order valence-corrected chi connectivity index (χ1v) is 9.28. The van der Waals surface area contributed by atoms with E-state index in [2.05, 4.69) is 13.8 Å². The number of carbonyl (C=O) groups excluding carboxylic acids is 2. The predicted molar refractivity (Wildman–Crippen MR) is 102 cm³/mol. The highest BCUT2D eigenvalue weighted by molar-refractivity contribution is 7.15. The van der Waals surface area contributed by atoms with Gasteiger partial charge in [-0.3, -0.25) is 9.59 Å². The smallest absolute Gasteiger partial charge is 0.311 e. The zero-order valence-electron chi connectivity index (χ0n) is 15.0. The minimum absolute atomic E-state index is 0.128. The molecule has 3 rings (SSSR count). The van der Waals surface area contributed by atoms with E-state index in [0.29, 0.717) is 18.2 Å². The van der Waals surface area contributed by atoms with Crippen molar-refractivity contribution in [2.24, 2.45) is 5.92 Å². The van der Waals surface area contributed by atoms with Crippen LogP contribution in [0.5, 0.6) is 5.75 Å². The minimum atomic E-state index is -0.333. The van der Waals surface area contributed by atoms with Gasteiger partial charge in [-0.25, -0.2) is 0 Å². The molecule has 0 aliphatic carbocycles. The maximum absolute atomic E-state index is 11.8. The van der Waals surface area contributed by atoms with Crippen LogP contribution in [0, 0.1) is 5.92 Å². The van der Waals surface area contributed by atoms with Crippen molar-refractivity contribution in [3.8, 4) is 16.9 Å². The van der Waals surface area contributed by atoms with E-state index >= 15 is 0 Å². The van der Waals surface area contributed by atoms with E-state index in [1.54, 1.807) is 0 Å². The summed E-state index contributed by atoms with van der Waals surface area (Å²) in [4.78, 5) is 24.4. The maximum atomic E-state index is 11.8. The topological polar surface area (TPSA) is 57.0 Å². The van der Waals surface area contributed by atoms with E-state index in [9.17, 15) is 9.59 Å². The number of esters is 1. The summed E-state index contributed by atoms with van der Waals surface area (Å²) in [5, 5.41) is 1.88. The van der Waals surface area contributed by atoms with Crippen LogP contribution in [0.1, 0.15) is 30.0 Å². The van der Waals surface area contributed by atoms with Gasteiger partial charge in [0.2, 0.25) is 0 Å². The number of rotatable bonds is 7. The fourth-order valence-electron chi connectivity index (χ4n) is 2.77. The standard InChI is InChI=1S/C20H21NO4S/c1-13(2)11-25-16-6-4-5-14(7-16)17-9-19-21(18(17)10-22)15(12-26-19)8-20(23)24-3/h4-7,9-10,12-13H,8,11H2,1-3H3. The molecule has 2 heterocycles. The van der Waals surface area contributed by atoms with Gasteiger partial charge in [0.05, 0.1) is 25.8 Å². The Morgan fingerprint density at radius 1 is 1.31 bits per heavy atom. The molecule has 6 heteroatoms. The van der Waals surface area contributed by atoms with E-state index in [1.807, 2.05) is 40.1 Å². The molecule has 0 saturated heterocycles. The van der Waals surface area contributed by atoms with Crippen LogP contribution >= 0.6 is 11.3 Å². The van der Waals surface area contributed by atoms with Crippen molar-refractivity contribution in [2.45, 2.75) is 20.3 Å². The van der Waals surface area contributed by atoms with E-state index in [-0.39, 0.29) is 12.4 Å². The summed E-state index contributed by atoms with van der Waals surface area (Å²) in [7, 11) is 1.36. The fraction of sp³-hybridized carbons (Fsp3) is 0.300. The summed E-state index contributed by atoms with van der Waals surface area (Å²) in [6.07, 6.45) is 0.959. The van der Waals surface area contributed by atoms with E-state index in [4.69, 9.17) is 9.47 Å². The second kappa shape index (κ2) is 7.74. The van der Waals surface area contributed by atoms with Crippen LogP contribution < -0.4 is 4.74 Å². The highest BCUT2D eigenvalue weighted by Crippen LogP contribution is 2.33. The van der Waals surface area contributed by atoms with Crippen molar-refractivity contribution in [1.82, 2.24) is 4.40 Å². The van der Waals surface area contributed by atoms with Crippen LogP contribution in [0.15, 0.2) is 35.7 Å². The van der Waals surface area contributed by atoms with Crippen molar-refractivity contribution in [1.29, 1.82) is 0 Å². The zero-order valence-corrected chi connectivity index (χ0v) is 15.8. The summed E-state index contributed by atoms with van der Waals surface area (Å²) in [5.74, 6) is 0.878. The van der Waals surface area contributed by atoms with Crippen molar-refractivity contribution in [3.63, 3.8) is 0 Å². The molecule has 0 saturated carbocycles. The first-order chi connectivity index (χ1) is 12.5. The fourth-order valence-corrected chi connectivity index (χ4v) is 3.72. The van der Waals surface area contributed by atoms with Gasteiger partial charge in [-0.1, -0.05) is 26.0 Å². The van der Waals surface area contributed by atoms with Gasteiger partial charge in [-0.05, 0) is 29.7 Å². The molecule has 0 bridgehead atoms. The molecule has 0 spiro atoms. The number of aromatic nitrogens is 1. The van der Waals surface area contributed by atoms with Gasteiger partial charge in [0, 0.05) is 16.6 Å². The molecule has 0 unspecified atom stereocenters. The second-order valence-electron chi connectivity index (χ2n) is 6.45. The van der Waals surface area contributed by atoms with Crippen LogP contribution in [-0.2, 0) is 16.0 Å². The van der Waals surface area contributed by atoms with Crippen molar-refractivity contribution in [2.75, 3.05) is 13.7 Å². The summed E-state index contributed by atoms with van der Waals surface area (Å²) in [6, 6.07) is 9.69. The molecule has 0 amide bonds. The Hall–Kier alpha value is -2.60. The molecule has 0 atom stereocenters. The molecule has 5 nitrogen and oxygen atoms in total. The van der Waals surface area contributed by atoms with Gasteiger partial charge in [0.25, 0.3) is 0 Å². The maximum Gasteiger partial charge on any atom is 0.311 e. The molecule has 0 radical (unpaired) electrons. The minimum Gasteiger partial charge on any atom is -0.493 e. The molecule has 2 aromatic heterocycles. The molecule has 26 heavy (non-hydrogen) atoms. The average molecular weight is 371 g/mol. The van der Waals surface area contributed by atoms with Crippen LogP contribution in [-0.4, -0.2) is 30.4 Å². The quantitative estimate of drug-likeness (QED) is 0.461. The molecule has 0 aliphatic heterocycles. The number of hydrogen-bond acceptors (Lipinski definition) is 5. The number of ether oxygens (including phenoxy) is 2. The van der Waals surface area contributed by atoms with Gasteiger partial charge in [0.15, 0.2) is 6.29 Å². The summed E-state index contributed by atoms with van der Waals surface area (Å²) in [6.45, 7) is 4.83. The highest BCUT2D eigenvalue weighted by Gasteiger charge is 2.18. The summed E-state index contributed by atoms with van der Waals surface area (Å²) < 4.78 is 12.4. The third-order valence-electron chi connectivity index (χ3n) is 4.00. The first-order valence-electron chi connectivity index (χ1n) is 8.40. The Morgan fingerprint density at radius 3 is 2.81 bits per heavy atom. The number of hydrogen-bond donors (Lipinski definition) is 0. The van der Waals surface area contributed by atoms with E-state index < -0.39 is 0 Å². The lowest BCUT2D eigenvalue weighted by Crippen LogP contribution is -2.07. The van der Waals surface area contributed by atoms with Gasteiger partial charge >= 0.3 is 5.97 Å². The number of fused-ring (bicyclic) bond motifs is 1. The summed E-state index contributed by atoms with van der Waals surface area (Å²) >= 11 is 1.49. The highest BCUT2D eigenvalue weighted by atomic mass is 32.1. The molecule has 0 N–H and O–H groups in total. The normalized spacial score (nSPS) is 11.1. The Bertz CT molecular complexity index is 939. The third-order valence-corrected chi connectivity index (χ3v) is 4.93. The van der Waals surface area contributed by atoms with Crippen LogP contribution in [0.4, 0.5) is 0 Å². The molecule has 1 aromatic carbocycles. The molecular weight excluding hydrogens is 350 g/mol. The lowest BCUT2D eigenvalue weighted by atomic mass is 10.1. The lowest BCUT2D eigenvalue weighted by molar-refractivity contribution is -0.139. The monoisotopic (exact) mass is 371 g/mol. The number of methoxy groups -OCH3 is 1.